The fourth-order valence-corrected chi connectivity index (χ4v) is 4.06. The van der Waals surface area contributed by atoms with Crippen molar-refractivity contribution >= 4 is 39.1 Å². The number of nitrogens with zero attached hydrogens (tertiary/aromatic N) is 2. The van der Waals surface area contributed by atoms with Crippen LogP contribution in [0, 0.1) is 0 Å². The monoisotopic (exact) mass is 424 g/mol. The molecule has 0 bridgehead atoms. The van der Waals surface area contributed by atoms with Crippen molar-refractivity contribution in [3.8, 4) is 11.1 Å². The largest absolute Gasteiger partial charge is 0.459 e. The standard InChI is InChI=1S/C22H17ClN2O3S/c1-14(22(27)28-11-15-5-3-2-4-6-15)25-13-24-20-19(21(25)26)18(12-29-20)16-7-9-17(23)10-8-16/h2-10,12-14H,11H2,1H3. The SMILES string of the molecule is CC(C(=O)OCc1ccccc1)n1cnc2scc(-c3ccc(Cl)cc3)c2c1=O. The number of aromatic nitrogens is 2. The van der Waals surface area contributed by atoms with Crippen LogP contribution < -0.4 is 5.56 Å². The normalized spacial score (nSPS) is 12.1. The molecule has 0 saturated heterocycles. The summed E-state index contributed by atoms with van der Waals surface area (Å²) in [4.78, 5) is 30.7. The smallest absolute Gasteiger partial charge is 0.329 e. The lowest BCUT2D eigenvalue weighted by Crippen LogP contribution is -2.29. The minimum absolute atomic E-state index is 0.156. The molecule has 0 aliphatic heterocycles. The van der Waals surface area contributed by atoms with Crippen molar-refractivity contribution in [1.82, 2.24) is 9.55 Å². The molecule has 1 unspecified atom stereocenters. The molecule has 0 amide bonds. The maximum absolute atomic E-state index is 13.2. The lowest BCUT2D eigenvalue weighted by molar-refractivity contribution is -0.148. The van der Waals surface area contributed by atoms with Crippen molar-refractivity contribution in [3.63, 3.8) is 0 Å². The summed E-state index contributed by atoms with van der Waals surface area (Å²) in [6.07, 6.45) is 1.40. The number of thiophene rings is 1. The number of carbonyl (C=O) groups excluding carboxylic acids is 1. The Labute approximate surface area is 176 Å². The van der Waals surface area contributed by atoms with Crippen molar-refractivity contribution in [2.24, 2.45) is 0 Å². The predicted octanol–water partition coefficient (Wildman–Crippen LogP) is 5.08. The van der Waals surface area contributed by atoms with Gasteiger partial charge in [-0.05, 0) is 30.2 Å². The van der Waals surface area contributed by atoms with Gasteiger partial charge in [-0.1, -0.05) is 54.1 Å². The summed E-state index contributed by atoms with van der Waals surface area (Å²) in [6.45, 7) is 1.79. The zero-order valence-corrected chi connectivity index (χ0v) is 17.1. The highest BCUT2D eigenvalue weighted by molar-refractivity contribution is 7.17. The average molecular weight is 425 g/mol. The molecule has 29 heavy (non-hydrogen) atoms. The van der Waals surface area contributed by atoms with Gasteiger partial charge in [0.1, 0.15) is 17.5 Å². The zero-order chi connectivity index (χ0) is 20.4. The van der Waals surface area contributed by atoms with E-state index in [1.54, 1.807) is 19.1 Å². The van der Waals surface area contributed by atoms with E-state index in [-0.39, 0.29) is 12.2 Å². The van der Waals surface area contributed by atoms with Crippen molar-refractivity contribution in [2.45, 2.75) is 19.6 Å². The molecule has 2 aromatic carbocycles. The Morgan fingerprint density at radius 1 is 1.17 bits per heavy atom. The molecule has 4 rings (SSSR count). The van der Waals surface area contributed by atoms with Crippen molar-refractivity contribution < 1.29 is 9.53 Å². The van der Waals surface area contributed by atoms with Crippen LogP contribution in [-0.4, -0.2) is 15.5 Å². The van der Waals surface area contributed by atoms with E-state index in [2.05, 4.69) is 4.98 Å². The van der Waals surface area contributed by atoms with E-state index in [4.69, 9.17) is 16.3 Å². The minimum Gasteiger partial charge on any atom is -0.459 e. The summed E-state index contributed by atoms with van der Waals surface area (Å²) in [5.74, 6) is -0.486. The molecule has 0 N–H and O–H groups in total. The van der Waals surface area contributed by atoms with Crippen molar-refractivity contribution in [3.05, 3.63) is 87.2 Å². The third-order valence-electron chi connectivity index (χ3n) is 4.66. The molecule has 4 aromatic rings. The van der Waals surface area contributed by atoms with E-state index in [1.165, 1.54) is 22.2 Å². The molecule has 0 aliphatic rings. The number of halogens is 1. The molecule has 0 spiro atoms. The van der Waals surface area contributed by atoms with Crippen molar-refractivity contribution in [1.29, 1.82) is 0 Å². The van der Waals surface area contributed by atoms with Gasteiger partial charge in [0, 0.05) is 16.0 Å². The second-order valence-corrected chi connectivity index (χ2v) is 7.86. The molecular weight excluding hydrogens is 408 g/mol. The fraction of sp³-hybridized carbons (Fsp3) is 0.136. The summed E-state index contributed by atoms with van der Waals surface area (Å²) in [5.41, 5.74) is 2.26. The third kappa shape index (κ3) is 3.95. The number of hydrogen-bond acceptors (Lipinski definition) is 5. The minimum atomic E-state index is -0.791. The molecule has 0 saturated carbocycles. The van der Waals surface area contributed by atoms with Crippen LogP contribution >= 0.6 is 22.9 Å². The Hall–Kier alpha value is -2.96. The van der Waals surface area contributed by atoms with Gasteiger partial charge in [-0.25, -0.2) is 9.78 Å². The second kappa shape index (κ2) is 8.19. The first-order valence-corrected chi connectivity index (χ1v) is 10.2. The Balaban J connectivity index is 1.64. The Morgan fingerprint density at radius 2 is 1.90 bits per heavy atom. The average Bonchev–Trinajstić information content (AvgIpc) is 3.18. The van der Waals surface area contributed by atoms with Gasteiger partial charge in [0.15, 0.2) is 0 Å². The first kappa shape index (κ1) is 19.4. The van der Waals surface area contributed by atoms with Crippen LogP contribution in [0.1, 0.15) is 18.5 Å². The predicted molar refractivity (Wildman–Crippen MR) is 115 cm³/mol. The number of carbonyl (C=O) groups is 1. The topological polar surface area (TPSA) is 61.2 Å². The highest BCUT2D eigenvalue weighted by Crippen LogP contribution is 2.31. The summed E-state index contributed by atoms with van der Waals surface area (Å²) < 4.78 is 6.70. The van der Waals surface area contributed by atoms with Gasteiger partial charge in [0.25, 0.3) is 5.56 Å². The van der Waals surface area contributed by atoms with Gasteiger partial charge in [-0.3, -0.25) is 9.36 Å². The van der Waals surface area contributed by atoms with E-state index >= 15 is 0 Å². The molecular formula is C22H17ClN2O3S. The zero-order valence-electron chi connectivity index (χ0n) is 15.5. The first-order valence-electron chi connectivity index (χ1n) is 8.99. The number of hydrogen-bond donors (Lipinski definition) is 0. The highest BCUT2D eigenvalue weighted by atomic mass is 35.5. The number of rotatable bonds is 5. The Morgan fingerprint density at radius 3 is 2.62 bits per heavy atom. The summed E-state index contributed by atoms with van der Waals surface area (Å²) in [6, 6.07) is 15.9. The van der Waals surface area contributed by atoms with Crippen LogP contribution in [0.2, 0.25) is 5.02 Å². The maximum atomic E-state index is 13.2. The van der Waals surface area contributed by atoms with E-state index in [0.717, 1.165) is 16.7 Å². The van der Waals surface area contributed by atoms with Crippen molar-refractivity contribution in [2.75, 3.05) is 0 Å². The Bertz CT molecular complexity index is 1220. The van der Waals surface area contributed by atoms with Crippen LogP contribution in [0.15, 0.2) is 71.1 Å². The molecule has 146 valence electrons. The summed E-state index contributed by atoms with van der Waals surface area (Å²) in [7, 11) is 0. The molecule has 5 nitrogen and oxygen atoms in total. The number of benzene rings is 2. The molecule has 0 radical (unpaired) electrons. The van der Waals surface area contributed by atoms with Gasteiger partial charge < -0.3 is 4.74 Å². The van der Waals surface area contributed by atoms with E-state index < -0.39 is 12.0 Å². The molecule has 1 atom stereocenters. The molecule has 7 heteroatoms. The quantitative estimate of drug-likeness (QED) is 0.419. The molecule has 2 heterocycles. The summed E-state index contributed by atoms with van der Waals surface area (Å²) in [5, 5.41) is 3.01. The Kier molecular flexibility index (Phi) is 5.47. The lowest BCUT2D eigenvalue weighted by atomic mass is 10.1. The van der Waals surface area contributed by atoms with Crippen LogP contribution in [0.4, 0.5) is 0 Å². The highest BCUT2D eigenvalue weighted by Gasteiger charge is 2.21. The van der Waals surface area contributed by atoms with Crippen LogP contribution in [0.25, 0.3) is 21.3 Å². The fourth-order valence-electron chi connectivity index (χ4n) is 3.03. The van der Waals surface area contributed by atoms with E-state index in [0.29, 0.717) is 15.2 Å². The first-order chi connectivity index (χ1) is 14.0. The second-order valence-electron chi connectivity index (χ2n) is 6.56. The maximum Gasteiger partial charge on any atom is 0.329 e. The van der Waals surface area contributed by atoms with Crippen LogP contribution in [0.3, 0.4) is 0 Å². The van der Waals surface area contributed by atoms with E-state index in [9.17, 15) is 9.59 Å². The number of fused-ring (bicyclic) bond motifs is 1. The van der Waals surface area contributed by atoms with Gasteiger partial charge in [0.2, 0.25) is 0 Å². The molecule has 0 aliphatic carbocycles. The molecule has 2 aromatic heterocycles. The summed E-state index contributed by atoms with van der Waals surface area (Å²) >= 11 is 7.36. The number of ether oxygens (including phenoxy) is 1. The third-order valence-corrected chi connectivity index (χ3v) is 5.80. The van der Waals surface area contributed by atoms with Gasteiger partial charge in [-0.2, -0.15) is 0 Å². The van der Waals surface area contributed by atoms with Crippen LogP contribution in [-0.2, 0) is 16.1 Å². The number of esters is 1. The van der Waals surface area contributed by atoms with Gasteiger partial charge in [0.05, 0.1) is 11.7 Å². The molecule has 0 fully saturated rings. The van der Waals surface area contributed by atoms with Gasteiger partial charge in [-0.15, -0.1) is 11.3 Å². The van der Waals surface area contributed by atoms with Gasteiger partial charge >= 0.3 is 5.97 Å². The van der Waals surface area contributed by atoms with Crippen LogP contribution in [0.5, 0.6) is 0 Å². The lowest BCUT2D eigenvalue weighted by Gasteiger charge is -2.14. The van der Waals surface area contributed by atoms with E-state index in [1.807, 2.05) is 47.8 Å².